The summed E-state index contributed by atoms with van der Waals surface area (Å²) in [4.78, 5) is 7.10. The molecule has 2 heteroatoms. The normalized spacial score (nSPS) is 11.5. The fourth-order valence-corrected chi connectivity index (χ4v) is 5.19. The highest BCUT2D eigenvalue weighted by Crippen LogP contribution is 2.36. The first-order valence-corrected chi connectivity index (χ1v) is 13.2. The van der Waals surface area contributed by atoms with E-state index >= 15 is 0 Å². The first-order chi connectivity index (χ1) is 19.3. The Bertz CT molecular complexity index is 1920. The second kappa shape index (κ2) is 9.92. The summed E-state index contributed by atoms with van der Waals surface area (Å²) in [6.07, 6.45) is 4.36. The van der Waals surface area contributed by atoms with Gasteiger partial charge >= 0.3 is 0 Å². The minimum atomic E-state index is 1.02. The first-order valence-electron chi connectivity index (χ1n) is 13.2. The molecule has 39 heavy (non-hydrogen) atoms. The number of aromatic nitrogens is 1. The summed E-state index contributed by atoms with van der Waals surface area (Å²) in [5.41, 5.74) is 7.81. The number of para-hydroxylation sites is 3. The van der Waals surface area contributed by atoms with Crippen LogP contribution in [0.2, 0.25) is 0 Å². The molecule has 184 valence electrons. The zero-order chi connectivity index (χ0) is 26.0. The summed E-state index contributed by atoms with van der Waals surface area (Å²) in [5, 5.41) is 4.75. The second-order valence-electron chi connectivity index (χ2n) is 9.76. The lowest BCUT2D eigenvalue weighted by atomic mass is 10.0. The largest absolute Gasteiger partial charge is 0.310 e. The van der Waals surface area contributed by atoms with Crippen molar-refractivity contribution in [2.45, 2.75) is 0 Å². The predicted molar refractivity (Wildman–Crippen MR) is 167 cm³/mol. The molecule has 6 aromatic carbocycles. The van der Waals surface area contributed by atoms with Gasteiger partial charge in [-0.1, -0.05) is 91.0 Å². The smallest absolute Gasteiger partial charge is 0.0710 e. The molecular formula is C37H26N2. The minimum Gasteiger partial charge on any atom is -0.310 e. The van der Waals surface area contributed by atoms with E-state index in [1.54, 1.807) is 0 Å². The lowest BCUT2D eigenvalue weighted by Crippen LogP contribution is -2.09. The molecule has 0 aliphatic rings. The Morgan fingerprint density at radius 3 is 1.69 bits per heavy atom. The highest BCUT2D eigenvalue weighted by atomic mass is 15.1. The molecule has 0 fully saturated rings. The summed E-state index contributed by atoms with van der Waals surface area (Å²) in [5.74, 6) is 0. The van der Waals surface area contributed by atoms with Gasteiger partial charge in [-0.15, -0.1) is 0 Å². The highest BCUT2D eigenvalue weighted by Gasteiger charge is 2.12. The molecule has 0 saturated carbocycles. The van der Waals surface area contributed by atoms with Crippen molar-refractivity contribution >= 4 is 61.8 Å². The van der Waals surface area contributed by atoms with Gasteiger partial charge in [-0.3, -0.25) is 0 Å². The number of hydrogen-bond donors (Lipinski definition) is 0. The summed E-state index contributed by atoms with van der Waals surface area (Å²) in [7, 11) is 0. The van der Waals surface area contributed by atoms with Gasteiger partial charge in [0.25, 0.3) is 0 Å². The lowest BCUT2D eigenvalue weighted by molar-refractivity contribution is 1.29. The van der Waals surface area contributed by atoms with E-state index in [1.165, 1.54) is 16.3 Å². The van der Waals surface area contributed by atoms with Gasteiger partial charge in [-0.05, 0) is 88.6 Å². The maximum atomic E-state index is 4.80. The third-order valence-corrected chi connectivity index (χ3v) is 7.14. The third-order valence-electron chi connectivity index (χ3n) is 7.14. The number of pyridine rings is 1. The number of nitrogens with zero attached hydrogens (tertiary/aromatic N) is 2. The lowest BCUT2D eigenvalue weighted by Gasteiger charge is -2.25. The van der Waals surface area contributed by atoms with E-state index in [0.717, 1.165) is 44.4 Å². The average Bonchev–Trinajstić information content (AvgIpc) is 3.00. The monoisotopic (exact) mass is 498 g/mol. The first kappa shape index (κ1) is 22.9. The van der Waals surface area contributed by atoms with Crippen LogP contribution in [0.15, 0.2) is 146 Å². The Kier molecular flexibility index (Phi) is 5.84. The molecule has 2 nitrogen and oxygen atoms in total. The van der Waals surface area contributed by atoms with E-state index in [2.05, 4.69) is 157 Å². The number of benzene rings is 6. The van der Waals surface area contributed by atoms with Crippen LogP contribution in [0.25, 0.3) is 44.7 Å². The van der Waals surface area contributed by atoms with Crippen LogP contribution in [0.5, 0.6) is 0 Å². The zero-order valence-corrected chi connectivity index (χ0v) is 21.4. The molecule has 0 amide bonds. The van der Waals surface area contributed by atoms with E-state index < -0.39 is 0 Å². The average molecular weight is 499 g/mol. The van der Waals surface area contributed by atoms with Crippen LogP contribution in [-0.4, -0.2) is 4.98 Å². The molecule has 0 N–H and O–H groups in total. The molecule has 1 heterocycles. The van der Waals surface area contributed by atoms with Crippen molar-refractivity contribution in [3.05, 3.63) is 157 Å². The van der Waals surface area contributed by atoms with Crippen molar-refractivity contribution in [3.63, 3.8) is 0 Å². The van der Waals surface area contributed by atoms with Gasteiger partial charge < -0.3 is 4.90 Å². The molecule has 0 radical (unpaired) electrons. The predicted octanol–water partition coefficient (Wildman–Crippen LogP) is 10.2. The number of anilines is 3. The van der Waals surface area contributed by atoms with Gasteiger partial charge in [0.2, 0.25) is 0 Å². The van der Waals surface area contributed by atoms with Crippen molar-refractivity contribution in [1.82, 2.24) is 4.98 Å². The molecule has 0 unspecified atom stereocenters. The van der Waals surface area contributed by atoms with Crippen molar-refractivity contribution in [2.75, 3.05) is 4.90 Å². The SMILES string of the molecule is C(=C\c1ccc2nc3ccccc3cc2c1)/c1ccc2cc(N(c3ccccc3)c3ccccc3)ccc2c1. The van der Waals surface area contributed by atoms with Crippen LogP contribution >= 0.6 is 0 Å². The van der Waals surface area contributed by atoms with Crippen molar-refractivity contribution in [3.8, 4) is 0 Å². The fraction of sp³-hybridized carbons (Fsp3) is 0. The summed E-state index contributed by atoms with van der Waals surface area (Å²) < 4.78 is 0. The Balaban J connectivity index is 1.20. The summed E-state index contributed by atoms with van der Waals surface area (Å²) in [6.45, 7) is 0. The van der Waals surface area contributed by atoms with Crippen LogP contribution in [0.1, 0.15) is 11.1 Å². The van der Waals surface area contributed by atoms with E-state index in [4.69, 9.17) is 4.98 Å². The maximum absolute atomic E-state index is 4.80. The Labute approximate surface area is 228 Å². The molecule has 1 aromatic heterocycles. The molecule has 7 aromatic rings. The second-order valence-corrected chi connectivity index (χ2v) is 9.76. The summed E-state index contributed by atoms with van der Waals surface area (Å²) >= 11 is 0. The Morgan fingerprint density at radius 1 is 0.385 bits per heavy atom. The molecule has 0 bridgehead atoms. The van der Waals surface area contributed by atoms with Crippen LogP contribution < -0.4 is 4.90 Å². The molecule has 0 aliphatic heterocycles. The Morgan fingerprint density at radius 2 is 0.949 bits per heavy atom. The van der Waals surface area contributed by atoms with Crippen LogP contribution in [0, 0.1) is 0 Å². The quantitative estimate of drug-likeness (QED) is 0.173. The van der Waals surface area contributed by atoms with Gasteiger partial charge in [-0.25, -0.2) is 4.98 Å². The molecule has 0 spiro atoms. The van der Waals surface area contributed by atoms with Gasteiger partial charge in [0.05, 0.1) is 11.0 Å². The van der Waals surface area contributed by atoms with Gasteiger partial charge in [-0.2, -0.15) is 0 Å². The van der Waals surface area contributed by atoms with Gasteiger partial charge in [0.15, 0.2) is 0 Å². The number of fused-ring (bicyclic) bond motifs is 3. The third kappa shape index (κ3) is 4.65. The topological polar surface area (TPSA) is 16.1 Å². The van der Waals surface area contributed by atoms with Crippen molar-refractivity contribution in [1.29, 1.82) is 0 Å². The fourth-order valence-electron chi connectivity index (χ4n) is 5.19. The van der Waals surface area contributed by atoms with Crippen LogP contribution in [-0.2, 0) is 0 Å². The molecular weight excluding hydrogens is 472 g/mol. The summed E-state index contributed by atoms with van der Waals surface area (Å²) in [6, 6.07) is 51.3. The standard InChI is InChI=1S/C37H26N2/c1-3-10-33(11-4-1)39(34-12-5-2-6-13-34)35-21-20-29-23-27(17-19-30(29)26-35)15-16-28-18-22-37-32(24-28)25-31-9-7-8-14-36(31)38-37/h1-26H/b16-15+. The van der Waals surface area contributed by atoms with Crippen molar-refractivity contribution < 1.29 is 0 Å². The van der Waals surface area contributed by atoms with Crippen molar-refractivity contribution in [2.24, 2.45) is 0 Å². The molecule has 0 aliphatic carbocycles. The van der Waals surface area contributed by atoms with Crippen LogP contribution in [0.4, 0.5) is 17.1 Å². The maximum Gasteiger partial charge on any atom is 0.0710 e. The van der Waals surface area contributed by atoms with E-state index in [9.17, 15) is 0 Å². The molecule has 0 saturated heterocycles. The zero-order valence-electron chi connectivity index (χ0n) is 21.4. The Hall–Kier alpha value is -5.21. The van der Waals surface area contributed by atoms with E-state index in [-0.39, 0.29) is 0 Å². The number of rotatable bonds is 5. The molecule has 0 atom stereocenters. The molecule has 7 rings (SSSR count). The van der Waals surface area contributed by atoms with Gasteiger partial charge in [0, 0.05) is 27.8 Å². The van der Waals surface area contributed by atoms with Crippen LogP contribution in [0.3, 0.4) is 0 Å². The van der Waals surface area contributed by atoms with E-state index in [1.807, 2.05) is 6.07 Å². The number of hydrogen-bond acceptors (Lipinski definition) is 2. The minimum absolute atomic E-state index is 1.02. The van der Waals surface area contributed by atoms with Gasteiger partial charge in [0.1, 0.15) is 0 Å². The van der Waals surface area contributed by atoms with E-state index in [0.29, 0.717) is 0 Å². The highest BCUT2D eigenvalue weighted by molar-refractivity contribution is 5.94.